The Hall–Kier alpha value is -1.73. The normalized spacial score (nSPS) is 12.3. The van der Waals surface area contributed by atoms with Gasteiger partial charge in [0.05, 0.1) is 6.10 Å². The van der Waals surface area contributed by atoms with Gasteiger partial charge in [0.15, 0.2) is 0 Å². The maximum Gasteiger partial charge on any atom is 0.276 e. The van der Waals surface area contributed by atoms with Crippen LogP contribution >= 0.6 is 11.8 Å². The van der Waals surface area contributed by atoms with E-state index in [1.807, 2.05) is 0 Å². The lowest BCUT2D eigenvalue weighted by Crippen LogP contribution is -2.20. The maximum atomic E-state index is 9.78. The van der Waals surface area contributed by atoms with E-state index in [-0.39, 0.29) is 6.61 Å². The van der Waals surface area contributed by atoms with Crippen LogP contribution in [0.2, 0.25) is 0 Å². The SMILES string of the molecule is Cc1nnc(SCC(O)COc2cccc(N)c2)o1. The minimum atomic E-state index is -0.626. The number of thioether (sulfide) groups is 1. The predicted molar refractivity (Wildman–Crippen MR) is 72.1 cm³/mol. The van der Waals surface area contributed by atoms with Gasteiger partial charge >= 0.3 is 0 Å². The number of anilines is 1. The fourth-order valence-electron chi connectivity index (χ4n) is 1.35. The Morgan fingerprint density at radius 3 is 3.00 bits per heavy atom. The van der Waals surface area contributed by atoms with Gasteiger partial charge in [-0.05, 0) is 12.1 Å². The molecule has 1 aromatic carbocycles. The van der Waals surface area contributed by atoms with Gasteiger partial charge in [-0.15, -0.1) is 10.2 Å². The van der Waals surface area contributed by atoms with Crippen LogP contribution in [0.25, 0.3) is 0 Å². The number of nitrogens with two attached hydrogens (primary N) is 1. The van der Waals surface area contributed by atoms with Crippen molar-refractivity contribution >= 4 is 17.4 Å². The summed E-state index contributed by atoms with van der Waals surface area (Å²) in [7, 11) is 0. The van der Waals surface area contributed by atoms with Crippen molar-refractivity contribution in [2.75, 3.05) is 18.1 Å². The molecular formula is C12H15N3O3S. The molecule has 2 aromatic rings. The Morgan fingerprint density at radius 2 is 2.32 bits per heavy atom. The van der Waals surface area contributed by atoms with Crippen molar-refractivity contribution in [1.29, 1.82) is 0 Å². The average molecular weight is 281 g/mol. The van der Waals surface area contributed by atoms with Gasteiger partial charge in [-0.1, -0.05) is 17.8 Å². The Bertz CT molecular complexity index is 532. The van der Waals surface area contributed by atoms with Gasteiger partial charge in [-0.25, -0.2) is 0 Å². The quantitative estimate of drug-likeness (QED) is 0.612. The van der Waals surface area contributed by atoms with Gasteiger partial charge in [0.2, 0.25) is 5.89 Å². The summed E-state index contributed by atoms with van der Waals surface area (Å²) >= 11 is 1.29. The van der Waals surface area contributed by atoms with Crippen LogP contribution in [-0.2, 0) is 0 Å². The molecule has 0 spiro atoms. The van der Waals surface area contributed by atoms with Crippen molar-refractivity contribution in [3.8, 4) is 5.75 Å². The number of ether oxygens (including phenoxy) is 1. The first-order chi connectivity index (χ1) is 9.13. The number of aliphatic hydroxyl groups excluding tert-OH is 1. The van der Waals surface area contributed by atoms with Gasteiger partial charge in [-0.3, -0.25) is 0 Å². The molecule has 0 amide bonds. The van der Waals surface area contributed by atoms with E-state index in [1.54, 1.807) is 31.2 Å². The largest absolute Gasteiger partial charge is 0.491 e. The molecule has 7 heteroatoms. The van der Waals surface area contributed by atoms with E-state index in [2.05, 4.69) is 10.2 Å². The van der Waals surface area contributed by atoms with Crippen LogP contribution in [0.3, 0.4) is 0 Å². The summed E-state index contributed by atoms with van der Waals surface area (Å²) in [5.41, 5.74) is 6.26. The van der Waals surface area contributed by atoms with Crippen molar-refractivity contribution in [2.45, 2.75) is 18.3 Å². The topological polar surface area (TPSA) is 94.4 Å². The van der Waals surface area contributed by atoms with Crippen molar-refractivity contribution in [3.63, 3.8) is 0 Å². The molecule has 0 aliphatic rings. The third kappa shape index (κ3) is 4.46. The molecule has 0 saturated heterocycles. The van der Waals surface area contributed by atoms with Gasteiger partial charge in [0, 0.05) is 24.4 Å². The lowest BCUT2D eigenvalue weighted by atomic mass is 10.3. The molecule has 0 aliphatic heterocycles. The highest BCUT2D eigenvalue weighted by Crippen LogP contribution is 2.18. The number of benzene rings is 1. The molecular weight excluding hydrogens is 266 g/mol. The zero-order valence-electron chi connectivity index (χ0n) is 10.4. The first-order valence-corrected chi connectivity index (χ1v) is 6.71. The second kappa shape index (κ2) is 6.44. The second-order valence-corrected chi connectivity index (χ2v) is 4.91. The van der Waals surface area contributed by atoms with Crippen LogP contribution in [0.5, 0.6) is 5.75 Å². The molecule has 0 bridgehead atoms. The highest BCUT2D eigenvalue weighted by molar-refractivity contribution is 7.99. The molecule has 6 nitrogen and oxygen atoms in total. The molecule has 0 radical (unpaired) electrons. The van der Waals surface area contributed by atoms with Crippen LogP contribution in [-0.4, -0.2) is 33.8 Å². The highest BCUT2D eigenvalue weighted by Gasteiger charge is 2.10. The summed E-state index contributed by atoms with van der Waals surface area (Å²) < 4.78 is 10.6. The monoisotopic (exact) mass is 281 g/mol. The van der Waals surface area contributed by atoms with Crippen molar-refractivity contribution < 1.29 is 14.3 Å². The van der Waals surface area contributed by atoms with E-state index in [0.29, 0.717) is 28.3 Å². The van der Waals surface area contributed by atoms with Crippen molar-refractivity contribution in [1.82, 2.24) is 10.2 Å². The van der Waals surface area contributed by atoms with Crippen molar-refractivity contribution in [3.05, 3.63) is 30.2 Å². The van der Waals surface area contributed by atoms with E-state index >= 15 is 0 Å². The molecule has 3 N–H and O–H groups in total. The Balaban J connectivity index is 1.74. The van der Waals surface area contributed by atoms with E-state index in [4.69, 9.17) is 14.9 Å². The fourth-order valence-corrected chi connectivity index (χ4v) is 2.06. The van der Waals surface area contributed by atoms with Crippen LogP contribution < -0.4 is 10.5 Å². The number of nitrogen functional groups attached to an aromatic ring is 1. The zero-order chi connectivity index (χ0) is 13.7. The minimum Gasteiger partial charge on any atom is -0.491 e. The number of nitrogens with zero attached hydrogens (tertiary/aromatic N) is 2. The molecule has 0 fully saturated rings. The van der Waals surface area contributed by atoms with E-state index in [1.165, 1.54) is 11.8 Å². The summed E-state index contributed by atoms with van der Waals surface area (Å²) in [5.74, 6) is 1.56. The molecule has 102 valence electrons. The van der Waals surface area contributed by atoms with E-state index in [9.17, 15) is 5.11 Å². The number of aryl methyl sites for hydroxylation is 1. The molecule has 0 saturated carbocycles. The predicted octanol–water partition coefficient (Wildman–Crippen LogP) is 1.49. The lowest BCUT2D eigenvalue weighted by molar-refractivity contribution is 0.126. The first kappa shape index (κ1) is 13.7. The summed E-state index contributed by atoms with van der Waals surface area (Å²) in [6, 6.07) is 7.07. The summed E-state index contributed by atoms with van der Waals surface area (Å²) in [5, 5.41) is 17.8. The smallest absolute Gasteiger partial charge is 0.276 e. The summed E-state index contributed by atoms with van der Waals surface area (Å²) in [6.07, 6.45) is -0.626. The van der Waals surface area contributed by atoms with Crippen LogP contribution in [0, 0.1) is 6.92 Å². The van der Waals surface area contributed by atoms with E-state index in [0.717, 1.165) is 0 Å². The fraction of sp³-hybridized carbons (Fsp3) is 0.333. The van der Waals surface area contributed by atoms with Crippen LogP contribution in [0.1, 0.15) is 5.89 Å². The number of hydrogen-bond donors (Lipinski definition) is 2. The number of hydrogen-bond acceptors (Lipinski definition) is 7. The minimum absolute atomic E-state index is 0.184. The number of rotatable bonds is 6. The molecule has 1 heterocycles. The maximum absolute atomic E-state index is 9.78. The standard InChI is InChI=1S/C12H15N3O3S/c1-8-14-15-12(18-8)19-7-10(16)6-17-11-4-2-3-9(13)5-11/h2-5,10,16H,6-7,13H2,1H3. The summed E-state index contributed by atoms with van der Waals surface area (Å²) in [4.78, 5) is 0. The number of aromatic nitrogens is 2. The molecule has 0 aliphatic carbocycles. The molecule has 1 atom stereocenters. The Labute approximate surface area is 115 Å². The van der Waals surface area contributed by atoms with Gasteiger partial charge in [-0.2, -0.15) is 0 Å². The van der Waals surface area contributed by atoms with Gasteiger partial charge < -0.3 is 20.0 Å². The molecule has 19 heavy (non-hydrogen) atoms. The van der Waals surface area contributed by atoms with Gasteiger partial charge in [0.1, 0.15) is 12.4 Å². The van der Waals surface area contributed by atoms with E-state index < -0.39 is 6.10 Å². The van der Waals surface area contributed by atoms with Crippen molar-refractivity contribution in [2.24, 2.45) is 0 Å². The van der Waals surface area contributed by atoms with Gasteiger partial charge in [0.25, 0.3) is 5.22 Å². The second-order valence-electron chi connectivity index (χ2n) is 3.94. The Morgan fingerprint density at radius 1 is 1.47 bits per heavy atom. The Kier molecular flexibility index (Phi) is 4.64. The summed E-state index contributed by atoms with van der Waals surface area (Å²) in [6.45, 7) is 1.90. The third-order valence-electron chi connectivity index (χ3n) is 2.21. The lowest BCUT2D eigenvalue weighted by Gasteiger charge is -2.11. The first-order valence-electron chi connectivity index (χ1n) is 5.73. The molecule has 1 unspecified atom stereocenters. The zero-order valence-corrected chi connectivity index (χ0v) is 11.3. The highest BCUT2D eigenvalue weighted by atomic mass is 32.2. The average Bonchev–Trinajstić information content (AvgIpc) is 2.80. The molecule has 2 rings (SSSR count). The van der Waals surface area contributed by atoms with Crippen LogP contribution in [0.4, 0.5) is 5.69 Å². The molecule has 1 aromatic heterocycles. The third-order valence-corrected chi connectivity index (χ3v) is 3.17. The number of aliphatic hydroxyl groups is 1. The van der Waals surface area contributed by atoms with Crippen LogP contribution in [0.15, 0.2) is 33.9 Å².